The van der Waals surface area contributed by atoms with Gasteiger partial charge in [0.25, 0.3) is 0 Å². The molecule has 2 unspecified atom stereocenters. The summed E-state index contributed by atoms with van der Waals surface area (Å²) in [6.45, 7) is 3.03. The lowest BCUT2D eigenvalue weighted by atomic mass is 9.91. The van der Waals surface area contributed by atoms with E-state index in [0.717, 1.165) is 11.3 Å². The van der Waals surface area contributed by atoms with Crippen LogP contribution in [-0.2, 0) is 4.79 Å². The molecule has 2 heterocycles. The molecule has 0 aromatic carbocycles. The standard InChI is InChI=1S/C10H13N3O4S/c1-6-2-7(9(14)15)5-12(4-6)10-11-3-8(18-10)13(16)17/h3,6-7H,2,4-5H2,1H3,(H,14,15). The van der Waals surface area contributed by atoms with E-state index in [1.165, 1.54) is 6.20 Å². The number of nitro groups is 1. The second-order valence-corrected chi connectivity index (χ2v) is 5.51. The van der Waals surface area contributed by atoms with Gasteiger partial charge in [-0.15, -0.1) is 0 Å². The molecule has 18 heavy (non-hydrogen) atoms. The molecule has 8 heteroatoms. The average Bonchev–Trinajstić information content (AvgIpc) is 2.77. The number of carboxylic acids is 1. The highest BCUT2D eigenvalue weighted by atomic mass is 32.1. The summed E-state index contributed by atoms with van der Waals surface area (Å²) in [5.41, 5.74) is 0. The molecule has 98 valence electrons. The van der Waals surface area contributed by atoms with Crippen LogP contribution in [-0.4, -0.2) is 34.1 Å². The molecule has 1 aromatic heterocycles. The SMILES string of the molecule is CC1CC(C(=O)O)CN(c2ncc([N+](=O)[O-])s2)C1. The van der Waals surface area contributed by atoms with Gasteiger partial charge in [0, 0.05) is 13.1 Å². The highest BCUT2D eigenvalue weighted by molar-refractivity contribution is 7.18. The number of piperidine rings is 1. The van der Waals surface area contributed by atoms with E-state index in [0.29, 0.717) is 24.6 Å². The monoisotopic (exact) mass is 271 g/mol. The number of carboxylic acid groups (broad SMARTS) is 1. The first-order valence-electron chi connectivity index (χ1n) is 5.55. The third-order valence-corrected chi connectivity index (χ3v) is 3.95. The minimum Gasteiger partial charge on any atom is -0.481 e. The third-order valence-electron chi connectivity index (χ3n) is 2.94. The van der Waals surface area contributed by atoms with Crippen molar-refractivity contribution in [3.63, 3.8) is 0 Å². The van der Waals surface area contributed by atoms with Crippen molar-refractivity contribution < 1.29 is 14.8 Å². The zero-order valence-electron chi connectivity index (χ0n) is 9.78. The third kappa shape index (κ3) is 2.58. The maximum absolute atomic E-state index is 11.0. The average molecular weight is 271 g/mol. The Labute approximate surface area is 107 Å². The fourth-order valence-electron chi connectivity index (χ4n) is 2.17. The van der Waals surface area contributed by atoms with E-state index in [2.05, 4.69) is 4.98 Å². The fraction of sp³-hybridized carbons (Fsp3) is 0.600. The van der Waals surface area contributed by atoms with Crippen LogP contribution in [0.4, 0.5) is 10.1 Å². The van der Waals surface area contributed by atoms with E-state index in [9.17, 15) is 14.9 Å². The van der Waals surface area contributed by atoms with Crippen molar-refractivity contribution in [1.29, 1.82) is 0 Å². The maximum atomic E-state index is 11.0. The number of anilines is 1. The summed E-state index contributed by atoms with van der Waals surface area (Å²) in [7, 11) is 0. The van der Waals surface area contributed by atoms with Crippen molar-refractivity contribution >= 4 is 27.4 Å². The van der Waals surface area contributed by atoms with E-state index in [1.54, 1.807) is 0 Å². The van der Waals surface area contributed by atoms with Crippen molar-refractivity contribution in [1.82, 2.24) is 4.98 Å². The number of carbonyl (C=O) groups is 1. The molecule has 1 aliphatic heterocycles. The topological polar surface area (TPSA) is 96.6 Å². The molecule has 1 aromatic rings. The number of aliphatic carboxylic acids is 1. The number of nitrogens with zero attached hydrogens (tertiary/aromatic N) is 3. The van der Waals surface area contributed by atoms with Gasteiger partial charge in [0.15, 0.2) is 5.13 Å². The highest BCUT2D eigenvalue weighted by Crippen LogP contribution is 2.32. The number of aromatic nitrogens is 1. The Morgan fingerprint density at radius 2 is 2.39 bits per heavy atom. The predicted molar refractivity (Wildman–Crippen MR) is 65.9 cm³/mol. The van der Waals surface area contributed by atoms with Gasteiger partial charge >= 0.3 is 11.0 Å². The van der Waals surface area contributed by atoms with E-state index < -0.39 is 16.8 Å². The van der Waals surface area contributed by atoms with Gasteiger partial charge < -0.3 is 10.0 Å². The molecule has 1 fully saturated rings. The number of hydrogen-bond acceptors (Lipinski definition) is 6. The van der Waals surface area contributed by atoms with Crippen LogP contribution in [0.5, 0.6) is 0 Å². The molecule has 0 radical (unpaired) electrons. The Bertz CT molecular complexity index is 475. The summed E-state index contributed by atoms with van der Waals surface area (Å²) >= 11 is 0.986. The summed E-state index contributed by atoms with van der Waals surface area (Å²) in [4.78, 5) is 27.0. The molecular formula is C10H13N3O4S. The van der Waals surface area contributed by atoms with Gasteiger partial charge in [0.05, 0.1) is 10.8 Å². The molecule has 0 saturated carbocycles. The second kappa shape index (κ2) is 4.89. The van der Waals surface area contributed by atoms with Crippen LogP contribution in [0.1, 0.15) is 13.3 Å². The lowest BCUT2D eigenvalue weighted by Gasteiger charge is -2.34. The quantitative estimate of drug-likeness (QED) is 0.662. The van der Waals surface area contributed by atoms with Crippen molar-refractivity contribution in [2.24, 2.45) is 11.8 Å². The van der Waals surface area contributed by atoms with Crippen molar-refractivity contribution in [2.45, 2.75) is 13.3 Å². The summed E-state index contributed by atoms with van der Waals surface area (Å²) < 4.78 is 0. The highest BCUT2D eigenvalue weighted by Gasteiger charge is 2.31. The first-order chi connectivity index (χ1) is 8.47. The Morgan fingerprint density at radius 3 is 2.94 bits per heavy atom. The molecule has 0 spiro atoms. The van der Waals surface area contributed by atoms with Crippen LogP contribution < -0.4 is 4.90 Å². The van der Waals surface area contributed by atoms with Gasteiger partial charge in [-0.1, -0.05) is 6.92 Å². The molecule has 1 saturated heterocycles. The smallest absolute Gasteiger partial charge is 0.345 e. The maximum Gasteiger partial charge on any atom is 0.345 e. The second-order valence-electron chi connectivity index (χ2n) is 4.52. The van der Waals surface area contributed by atoms with Crippen molar-refractivity contribution in [3.05, 3.63) is 16.3 Å². The summed E-state index contributed by atoms with van der Waals surface area (Å²) in [6.07, 6.45) is 1.86. The minimum absolute atomic E-state index is 0.0184. The largest absolute Gasteiger partial charge is 0.481 e. The van der Waals surface area contributed by atoms with Gasteiger partial charge in [0.2, 0.25) is 0 Å². The molecule has 2 rings (SSSR count). The van der Waals surface area contributed by atoms with E-state index >= 15 is 0 Å². The van der Waals surface area contributed by atoms with Crippen LogP contribution in [0.3, 0.4) is 0 Å². The van der Waals surface area contributed by atoms with Gasteiger partial charge in [0.1, 0.15) is 6.20 Å². The molecule has 0 aliphatic carbocycles. The summed E-state index contributed by atoms with van der Waals surface area (Å²) in [6, 6.07) is 0. The normalized spacial score (nSPS) is 23.9. The van der Waals surface area contributed by atoms with E-state index in [4.69, 9.17) is 5.11 Å². The molecule has 2 atom stereocenters. The van der Waals surface area contributed by atoms with Crippen LogP contribution in [0, 0.1) is 22.0 Å². The number of rotatable bonds is 3. The Kier molecular flexibility index (Phi) is 3.46. The van der Waals surface area contributed by atoms with Gasteiger partial charge in [-0.2, -0.15) is 0 Å². The lowest BCUT2D eigenvalue weighted by molar-refractivity contribution is -0.380. The zero-order chi connectivity index (χ0) is 13.3. The molecular weight excluding hydrogens is 258 g/mol. The Hall–Kier alpha value is -1.70. The van der Waals surface area contributed by atoms with Gasteiger partial charge in [-0.25, -0.2) is 4.98 Å². The predicted octanol–water partition coefficient (Wildman–Crippen LogP) is 1.60. The lowest BCUT2D eigenvalue weighted by Crippen LogP contribution is -2.42. The van der Waals surface area contributed by atoms with Gasteiger partial charge in [-0.05, 0) is 23.7 Å². The molecule has 0 amide bonds. The Morgan fingerprint density at radius 1 is 1.67 bits per heavy atom. The van der Waals surface area contributed by atoms with Crippen LogP contribution in [0.2, 0.25) is 0 Å². The number of thiazole rings is 1. The molecule has 7 nitrogen and oxygen atoms in total. The van der Waals surface area contributed by atoms with Crippen LogP contribution in [0.25, 0.3) is 0 Å². The van der Waals surface area contributed by atoms with E-state index in [-0.39, 0.29) is 10.9 Å². The van der Waals surface area contributed by atoms with Crippen molar-refractivity contribution in [2.75, 3.05) is 18.0 Å². The van der Waals surface area contributed by atoms with Crippen LogP contribution >= 0.6 is 11.3 Å². The molecule has 1 aliphatic rings. The molecule has 0 bridgehead atoms. The minimum atomic E-state index is -0.822. The first kappa shape index (κ1) is 12.7. The van der Waals surface area contributed by atoms with E-state index in [1.807, 2.05) is 11.8 Å². The fourth-order valence-corrected chi connectivity index (χ4v) is 2.92. The first-order valence-corrected chi connectivity index (χ1v) is 6.37. The van der Waals surface area contributed by atoms with Gasteiger partial charge in [-0.3, -0.25) is 14.9 Å². The van der Waals surface area contributed by atoms with Crippen molar-refractivity contribution in [3.8, 4) is 0 Å². The Balaban J connectivity index is 2.16. The summed E-state index contributed by atoms with van der Waals surface area (Å²) in [5.74, 6) is -1.02. The summed E-state index contributed by atoms with van der Waals surface area (Å²) in [5, 5.41) is 20.2. The van der Waals surface area contributed by atoms with Crippen LogP contribution in [0.15, 0.2) is 6.20 Å². The number of hydrogen-bond donors (Lipinski definition) is 1. The molecule has 1 N–H and O–H groups in total. The zero-order valence-corrected chi connectivity index (χ0v) is 10.6.